The van der Waals surface area contributed by atoms with Crippen LogP contribution >= 0.6 is 0 Å². The highest BCUT2D eigenvalue weighted by Gasteiger charge is 2.35. The van der Waals surface area contributed by atoms with Crippen LogP contribution in [-0.4, -0.2) is 50.1 Å². The van der Waals surface area contributed by atoms with Crippen LogP contribution in [0.2, 0.25) is 0 Å². The third kappa shape index (κ3) is 11.4. The summed E-state index contributed by atoms with van der Waals surface area (Å²) in [6, 6.07) is 19.7. The zero-order valence-corrected chi connectivity index (χ0v) is 21.8. The van der Waals surface area contributed by atoms with Gasteiger partial charge in [0.05, 0.1) is 6.61 Å². The van der Waals surface area contributed by atoms with E-state index in [0.717, 1.165) is 17.5 Å². The second-order valence-electron chi connectivity index (χ2n) is 8.45. The van der Waals surface area contributed by atoms with Crippen molar-refractivity contribution < 1.29 is 28.6 Å². The fourth-order valence-electron chi connectivity index (χ4n) is 3.77. The molecule has 0 heterocycles. The van der Waals surface area contributed by atoms with E-state index in [-0.39, 0.29) is 23.6 Å². The Hall–Kier alpha value is -2.83. The lowest BCUT2D eigenvalue weighted by Gasteiger charge is -2.30. The van der Waals surface area contributed by atoms with Crippen molar-refractivity contribution >= 4 is 17.5 Å². The topological polar surface area (TPSA) is 78.9 Å². The van der Waals surface area contributed by atoms with E-state index in [1.165, 1.54) is 0 Å². The van der Waals surface area contributed by atoms with Crippen LogP contribution in [0.5, 0.6) is 0 Å². The smallest absolute Gasteiger partial charge is 0.305 e. The summed E-state index contributed by atoms with van der Waals surface area (Å²) in [4.78, 5) is 34.5. The molecule has 0 bridgehead atoms. The molecule has 35 heavy (non-hydrogen) atoms. The summed E-state index contributed by atoms with van der Waals surface area (Å²) >= 11 is 0. The number of unbranched alkanes of at least 4 members (excludes halogenated alkanes) is 1. The summed E-state index contributed by atoms with van der Waals surface area (Å²) in [5, 5.41) is 0. The standard InChI is InChI=1S/C18H26O4.C11H14O2/c1-4-22-17(20)12-8-9-13-18(21-3,15(2)19)14-16-10-6-5-7-11-16;1-9(12)11(13-2)8-10-6-4-3-5-7-10/h5-7,10-11H,4,8-9,12-14H2,1-3H3;3-7,11H,8H2,1-2H3. The third-order valence-electron chi connectivity index (χ3n) is 5.88. The molecule has 0 amide bonds. The van der Waals surface area contributed by atoms with Gasteiger partial charge in [-0.05, 0) is 51.2 Å². The molecule has 0 aliphatic carbocycles. The van der Waals surface area contributed by atoms with Crippen molar-refractivity contribution in [3.63, 3.8) is 0 Å². The maximum absolute atomic E-state index is 12.1. The first kappa shape index (κ1) is 30.2. The number of ketones is 2. The molecule has 2 rings (SSSR count). The predicted molar refractivity (Wildman–Crippen MR) is 137 cm³/mol. The molecule has 2 unspecified atom stereocenters. The summed E-state index contributed by atoms with van der Waals surface area (Å²) in [5.74, 6) is -0.0854. The number of rotatable bonds is 14. The Morgan fingerprint density at radius 1 is 0.857 bits per heavy atom. The molecular formula is C29H40O6. The molecule has 0 saturated heterocycles. The van der Waals surface area contributed by atoms with Gasteiger partial charge in [0.25, 0.3) is 0 Å². The van der Waals surface area contributed by atoms with Gasteiger partial charge in [0.15, 0.2) is 11.6 Å². The number of benzene rings is 2. The molecule has 0 aromatic heterocycles. The number of ether oxygens (including phenoxy) is 3. The predicted octanol–water partition coefficient (Wildman–Crippen LogP) is 5.16. The van der Waals surface area contributed by atoms with E-state index < -0.39 is 5.60 Å². The van der Waals surface area contributed by atoms with Crippen LogP contribution in [0, 0.1) is 0 Å². The first-order valence-electron chi connectivity index (χ1n) is 12.1. The molecule has 0 saturated carbocycles. The molecule has 0 fully saturated rings. The van der Waals surface area contributed by atoms with Gasteiger partial charge in [0.2, 0.25) is 0 Å². The summed E-state index contributed by atoms with van der Waals surface area (Å²) in [5.41, 5.74) is 1.39. The highest BCUT2D eigenvalue weighted by atomic mass is 16.5. The maximum atomic E-state index is 12.1. The first-order valence-corrected chi connectivity index (χ1v) is 12.1. The molecule has 0 radical (unpaired) electrons. The summed E-state index contributed by atoms with van der Waals surface area (Å²) < 4.78 is 15.6. The molecule has 6 heteroatoms. The molecule has 0 spiro atoms. The molecular weight excluding hydrogens is 444 g/mol. The van der Waals surface area contributed by atoms with Crippen molar-refractivity contribution in [1.82, 2.24) is 0 Å². The average molecular weight is 485 g/mol. The van der Waals surface area contributed by atoms with E-state index >= 15 is 0 Å². The molecule has 0 N–H and O–H groups in total. The summed E-state index contributed by atoms with van der Waals surface area (Å²) in [6.45, 7) is 5.32. The Kier molecular flexibility index (Phi) is 14.4. The Labute approximate surface area is 210 Å². The molecule has 0 aliphatic heterocycles. The zero-order chi connectivity index (χ0) is 26.1. The molecule has 2 aromatic carbocycles. The normalized spacial score (nSPS) is 13.1. The van der Waals surface area contributed by atoms with Crippen LogP contribution in [0.4, 0.5) is 0 Å². The highest BCUT2D eigenvalue weighted by Crippen LogP contribution is 2.25. The van der Waals surface area contributed by atoms with Crippen LogP contribution in [-0.2, 0) is 41.4 Å². The SMILES string of the molecule is CCOC(=O)CCCCC(Cc1ccccc1)(OC)C(C)=O.COC(Cc1ccccc1)C(C)=O. The number of carbonyl (C=O) groups excluding carboxylic acids is 3. The van der Waals surface area contributed by atoms with Crippen LogP contribution in [0.15, 0.2) is 60.7 Å². The van der Waals surface area contributed by atoms with E-state index in [2.05, 4.69) is 0 Å². The number of carbonyl (C=O) groups is 3. The van der Waals surface area contributed by atoms with Crippen molar-refractivity contribution in [2.75, 3.05) is 20.8 Å². The van der Waals surface area contributed by atoms with Gasteiger partial charge in [-0.25, -0.2) is 0 Å². The van der Waals surface area contributed by atoms with E-state index in [4.69, 9.17) is 14.2 Å². The second-order valence-corrected chi connectivity index (χ2v) is 8.45. The summed E-state index contributed by atoms with van der Waals surface area (Å²) in [7, 11) is 3.14. The quantitative estimate of drug-likeness (QED) is 0.272. The Morgan fingerprint density at radius 3 is 1.89 bits per heavy atom. The molecule has 0 aliphatic rings. The van der Waals surface area contributed by atoms with E-state index in [0.29, 0.717) is 38.7 Å². The Morgan fingerprint density at radius 2 is 1.43 bits per heavy atom. The van der Waals surface area contributed by atoms with E-state index in [1.807, 2.05) is 60.7 Å². The first-order chi connectivity index (χ1) is 16.8. The van der Waals surface area contributed by atoms with Crippen LogP contribution in [0.1, 0.15) is 57.6 Å². The lowest BCUT2D eigenvalue weighted by molar-refractivity contribution is -0.143. The fraction of sp³-hybridized carbons (Fsp3) is 0.483. The van der Waals surface area contributed by atoms with Crippen molar-refractivity contribution in [3.8, 4) is 0 Å². The van der Waals surface area contributed by atoms with Gasteiger partial charge in [-0.15, -0.1) is 0 Å². The summed E-state index contributed by atoms with van der Waals surface area (Å²) in [6.07, 6.45) is 3.35. The Balaban J connectivity index is 0.000000400. The van der Waals surface area contributed by atoms with E-state index in [9.17, 15) is 14.4 Å². The van der Waals surface area contributed by atoms with Gasteiger partial charge in [-0.2, -0.15) is 0 Å². The number of hydrogen-bond acceptors (Lipinski definition) is 6. The third-order valence-corrected chi connectivity index (χ3v) is 5.88. The van der Waals surface area contributed by atoms with Crippen LogP contribution in [0.3, 0.4) is 0 Å². The van der Waals surface area contributed by atoms with Crippen molar-refractivity contribution in [1.29, 1.82) is 0 Å². The van der Waals surface area contributed by atoms with Gasteiger partial charge in [0, 0.05) is 33.5 Å². The minimum absolute atomic E-state index is 0.0231. The number of esters is 1. The second kappa shape index (κ2) is 16.7. The lowest BCUT2D eigenvalue weighted by atomic mass is 9.85. The molecule has 6 nitrogen and oxygen atoms in total. The van der Waals surface area contributed by atoms with Crippen molar-refractivity contribution in [2.24, 2.45) is 0 Å². The molecule has 2 aromatic rings. The average Bonchev–Trinajstić information content (AvgIpc) is 2.86. The van der Waals surface area contributed by atoms with Gasteiger partial charge < -0.3 is 14.2 Å². The number of Topliss-reactive ketones (excluding diaryl/α,β-unsaturated/α-hetero) is 2. The minimum atomic E-state index is -0.810. The van der Waals surface area contributed by atoms with Crippen molar-refractivity contribution in [2.45, 2.75) is 71.0 Å². The highest BCUT2D eigenvalue weighted by molar-refractivity contribution is 5.85. The maximum Gasteiger partial charge on any atom is 0.305 e. The molecule has 2 atom stereocenters. The largest absolute Gasteiger partial charge is 0.466 e. The van der Waals surface area contributed by atoms with Gasteiger partial charge in [-0.3, -0.25) is 14.4 Å². The van der Waals surface area contributed by atoms with Gasteiger partial charge in [-0.1, -0.05) is 60.7 Å². The van der Waals surface area contributed by atoms with E-state index in [1.54, 1.807) is 35.0 Å². The fourth-order valence-corrected chi connectivity index (χ4v) is 3.77. The minimum Gasteiger partial charge on any atom is -0.466 e. The van der Waals surface area contributed by atoms with Gasteiger partial charge in [0.1, 0.15) is 11.7 Å². The van der Waals surface area contributed by atoms with Crippen molar-refractivity contribution in [3.05, 3.63) is 71.8 Å². The number of methoxy groups -OCH3 is 2. The molecule has 192 valence electrons. The van der Waals surface area contributed by atoms with Gasteiger partial charge >= 0.3 is 5.97 Å². The lowest BCUT2D eigenvalue weighted by Crippen LogP contribution is -2.41. The zero-order valence-electron chi connectivity index (χ0n) is 21.8. The Bertz CT molecular complexity index is 881. The monoisotopic (exact) mass is 484 g/mol. The van der Waals surface area contributed by atoms with Crippen LogP contribution < -0.4 is 0 Å². The number of hydrogen-bond donors (Lipinski definition) is 0. The van der Waals surface area contributed by atoms with Crippen LogP contribution in [0.25, 0.3) is 0 Å².